The smallest absolute Gasteiger partial charge is 0.238 e. The van der Waals surface area contributed by atoms with E-state index in [2.05, 4.69) is 34.7 Å². The van der Waals surface area contributed by atoms with E-state index in [1.807, 2.05) is 67.5 Å². The fourth-order valence-electron chi connectivity index (χ4n) is 3.00. The highest BCUT2D eigenvalue weighted by atomic mass is 16.1. The van der Waals surface area contributed by atoms with Crippen molar-refractivity contribution in [1.29, 1.82) is 0 Å². The van der Waals surface area contributed by atoms with Gasteiger partial charge < -0.3 is 15.5 Å². The number of hydrogen-bond donors (Lipinski definition) is 2. The van der Waals surface area contributed by atoms with E-state index in [9.17, 15) is 4.79 Å². The van der Waals surface area contributed by atoms with Crippen LogP contribution in [0, 0.1) is 0 Å². The van der Waals surface area contributed by atoms with Gasteiger partial charge in [0.1, 0.15) is 5.82 Å². The van der Waals surface area contributed by atoms with Crippen molar-refractivity contribution >= 4 is 28.3 Å². The predicted molar refractivity (Wildman–Crippen MR) is 112 cm³/mol. The molecule has 1 aromatic heterocycles. The molecule has 0 aliphatic carbocycles. The first-order valence-corrected chi connectivity index (χ1v) is 9.17. The number of nitrogens with zero attached hydrogens (tertiary/aromatic N) is 2. The maximum Gasteiger partial charge on any atom is 0.238 e. The molecule has 0 bridgehead atoms. The normalized spacial score (nSPS) is 12.0. The van der Waals surface area contributed by atoms with Crippen LogP contribution < -0.4 is 15.5 Å². The van der Waals surface area contributed by atoms with Crippen LogP contribution >= 0.6 is 0 Å². The van der Waals surface area contributed by atoms with E-state index < -0.39 is 0 Å². The molecule has 0 spiro atoms. The Balaban J connectivity index is 1.65. The Morgan fingerprint density at radius 1 is 1.07 bits per heavy atom. The molecule has 0 aliphatic heterocycles. The van der Waals surface area contributed by atoms with Crippen LogP contribution in [0.3, 0.4) is 0 Å². The maximum atomic E-state index is 12.5. The number of benzene rings is 2. The summed E-state index contributed by atoms with van der Waals surface area (Å²) in [4.78, 5) is 19.0. The van der Waals surface area contributed by atoms with Gasteiger partial charge in [-0.2, -0.15) is 0 Å². The number of para-hydroxylation sites is 1. The van der Waals surface area contributed by atoms with Gasteiger partial charge in [-0.25, -0.2) is 4.98 Å². The van der Waals surface area contributed by atoms with Crippen molar-refractivity contribution in [3.8, 4) is 0 Å². The Hall–Kier alpha value is -2.92. The van der Waals surface area contributed by atoms with Gasteiger partial charge in [0.15, 0.2) is 0 Å². The van der Waals surface area contributed by atoms with Crippen LogP contribution in [0.2, 0.25) is 0 Å². The summed E-state index contributed by atoms with van der Waals surface area (Å²) in [6.07, 6.45) is 0.886. The van der Waals surface area contributed by atoms with E-state index >= 15 is 0 Å². The van der Waals surface area contributed by atoms with Crippen molar-refractivity contribution in [1.82, 2.24) is 10.3 Å². The molecule has 5 heteroatoms. The first-order chi connectivity index (χ1) is 13.0. The lowest BCUT2D eigenvalue weighted by Gasteiger charge is -2.17. The van der Waals surface area contributed by atoms with Gasteiger partial charge in [-0.3, -0.25) is 4.79 Å². The fraction of sp³-hybridized carbons (Fsp3) is 0.273. The monoisotopic (exact) mass is 362 g/mol. The number of nitrogens with one attached hydrogen (secondary N) is 2. The van der Waals surface area contributed by atoms with Crippen molar-refractivity contribution in [2.45, 2.75) is 19.4 Å². The van der Waals surface area contributed by atoms with Crippen LogP contribution in [0.5, 0.6) is 0 Å². The second-order valence-corrected chi connectivity index (χ2v) is 6.96. The summed E-state index contributed by atoms with van der Waals surface area (Å²) in [6, 6.07) is 20.2. The van der Waals surface area contributed by atoms with Crippen LogP contribution in [-0.2, 0) is 11.2 Å². The number of fused-ring (bicyclic) bond motifs is 1. The first-order valence-electron chi connectivity index (χ1n) is 9.17. The average molecular weight is 362 g/mol. The highest BCUT2D eigenvalue weighted by Gasteiger charge is 2.11. The van der Waals surface area contributed by atoms with E-state index in [0.717, 1.165) is 28.8 Å². The number of aromatic nitrogens is 1. The number of carbonyl (C=O) groups excluding carboxylic acids is 1. The zero-order chi connectivity index (χ0) is 19.2. The highest BCUT2D eigenvalue weighted by molar-refractivity contribution is 6.02. The molecular formula is C22H26N4O. The van der Waals surface area contributed by atoms with Crippen molar-refractivity contribution in [3.05, 3.63) is 66.2 Å². The number of rotatable bonds is 7. The summed E-state index contributed by atoms with van der Waals surface area (Å²) in [7, 11) is 3.88. The topological polar surface area (TPSA) is 57.3 Å². The SMILES string of the molecule is C[C@H](Cc1ccccc1)NCC(=O)Nc1cc(N(C)C)nc2ccccc12. The number of pyridine rings is 1. The molecule has 0 aliphatic rings. The van der Waals surface area contributed by atoms with Gasteiger partial charge in [-0.15, -0.1) is 0 Å². The number of hydrogen-bond acceptors (Lipinski definition) is 4. The zero-order valence-electron chi connectivity index (χ0n) is 16.1. The summed E-state index contributed by atoms with van der Waals surface area (Å²) < 4.78 is 0. The van der Waals surface area contributed by atoms with Gasteiger partial charge >= 0.3 is 0 Å². The molecule has 2 N–H and O–H groups in total. The van der Waals surface area contributed by atoms with E-state index in [-0.39, 0.29) is 18.5 Å². The van der Waals surface area contributed by atoms with Gasteiger partial charge in [0, 0.05) is 31.6 Å². The number of carbonyl (C=O) groups is 1. The van der Waals surface area contributed by atoms with Crippen molar-refractivity contribution in [2.75, 3.05) is 30.9 Å². The average Bonchev–Trinajstić information content (AvgIpc) is 2.67. The van der Waals surface area contributed by atoms with Crippen LogP contribution in [0.4, 0.5) is 11.5 Å². The van der Waals surface area contributed by atoms with Crippen LogP contribution in [0.25, 0.3) is 10.9 Å². The Morgan fingerprint density at radius 2 is 1.78 bits per heavy atom. The van der Waals surface area contributed by atoms with Crippen molar-refractivity contribution in [2.24, 2.45) is 0 Å². The number of anilines is 2. The summed E-state index contributed by atoms with van der Waals surface area (Å²) in [5, 5.41) is 7.27. The minimum absolute atomic E-state index is 0.0593. The third kappa shape index (κ3) is 5.05. The third-order valence-electron chi connectivity index (χ3n) is 4.43. The molecule has 0 saturated heterocycles. The van der Waals surface area contributed by atoms with E-state index in [0.29, 0.717) is 0 Å². The Morgan fingerprint density at radius 3 is 2.52 bits per heavy atom. The molecule has 5 nitrogen and oxygen atoms in total. The van der Waals surface area contributed by atoms with Crippen LogP contribution in [0.15, 0.2) is 60.7 Å². The zero-order valence-corrected chi connectivity index (χ0v) is 16.1. The molecule has 0 radical (unpaired) electrons. The summed E-state index contributed by atoms with van der Waals surface area (Å²) >= 11 is 0. The quantitative estimate of drug-likeness (QED) is 0.676. The molecule has 0 fully saturated rings. The summed E-state index contributed by atoms with van der Waals surface area (Å²) in [5.41, 5.74) is 2.91. The molecule has 1 amide bonds. The third-order valence-corrected chi connectivity index (χ3v) is 4.43. The molecule has 1 heterocycles. The molecule has 0 unspecified atom stereocenters. The Labute approximate surface area is 160 Å². The lowest BCUT2D eigenvalue weighted by molar-refractivity contribution is -0.115. The molecule has 1 atom stereocenters. The van der Waals surface area contributed by atoms with E-state index in [1.54, 1.807) is 0 Å². The molecule has 0 saturated carbocycles. The highest BCUT2D eigenvalue weighted by Crippen LogP contribution is 2.26. The Kier molecular flexibility index (Phi) is 6.04. The van der Waals surface area contributed by atoms with Gasteiger partial charge in [0.2, 0.25) is 5.91 Å². The van der Waals surface area contributed by atoms with Gasteiger partial charge in [0.05, 0.1) is 17.7 Å². The fourth-order valence-corrected chi connectivity index (χ4v) is 3.00. The lowest BCUT2D eigenvalue weighted by Crippen LogP contribution is -2.35. The van der Waals surface area contributed by atoms with Gasteiger partial charge in [-0.05, 0) is 25.0 Å². The minimum Gasteiger partial charge on any atom is -0.363 e. The van der Waals surface area contributed by atoms with Crippen LogP contribution in [0.1, 0.15) is 12.5 Å². The van der Waals surface area contributed by atoms with E-state index in [1.165, 1.54) is 5.56 Å². The second kappa shape index (κ2) is 8.64. The molecule has 140 valence electrons. The predicted octanol–water partition coefficient (Wildman–Crippen LogP) is 3.46. The Bertz CT molecular complexity index is 909. The lowest BCUT2D eigenvalue weighted by atomic mass is 10.1. The molecule has 2 aromatic carbocycles. The molecule has 27 heavy (non-hydrogen) atoms. The second-order valence-electron chi connectivity index (χ2n) is 6.96. The number of amides is 1. The first kappa shape index (κ1) is 18.9. The van der Waals surface area contributed by atoms with E-state index in [4.69, 9.17) is 0 Å². The standard InChI is InChI=1S/C22H26N4O/c1-16(13-17-9-5-4-6-10-17)23-15-22(27)25-20-14-21(26(2)3)24-19-12-8-7-11-18(19)20/h4-12,14,16,23H,13,15H2,1-3H3,(H,24,25,27)/t16-/m1/s1. The minimum atomic E-state index is -0.0593. The van der Waals surface area contributed by atoms with Gasteiger partial charge in [-0.1, -0.05) is 48.5 Å². The van der Waals surface area contributed by atoms with Crippen molar-refractivity contribution in [3.63, 3.8) is 0 Å². The summed E-state index contributed by atoms with van der Waals surface area (Å²) in [5.74, 6) is 0.755. The summed E-state index contributed by atoms with van der Waals surface area (Å²) in [6.45, 7) is 2.36. The van der Waals surface area contributed by atoms with Crippen molar-refractivity contribution < 1.29 is 4.79 Å². The largest absolute Gasteiger partial charge is 0.363 e. The molecule has 3 rings (SSSR count). The molecule has 3 aromatic rings. The van der Waals surface area contributed by atoms with Crippen LogP contribution in [-0.4, -0.2) is 37.6 Å². The molecular weight excluding hydrogens is 336 g/mol. The maximum absolute atomic E-state index is 12.5. The van der Waals surface area contributed by atoms with Gasteiger partial charge in [0.25, 0.3) is 0 Å².